The zero-order valence-electron chi connectivity index (χ0n) is 14.2. The zero-order chi connectivity index (χ0) is 17.2. The number of nitrogens with zero attached hydrogens (tertiary/aromatic N) is 3. The second-order valence-electron chi connectivity index (χ2n) is 6.59. The lowest BCUT2D eigenvalue weighted by Gasteiger charge is -2.27. The van der Waals surface area contributed by atoms with Crippen molar-refractivity contribution in [1.82, 2.24) is 9.97 Å². The first-order valence-corrected chi connectivity index (χ1v) is 9.57. The number of aromatic nitrogens is 2. The van der Waals surface area contributed by atoms with Crippen LogP contribution < -0.4 is 5.32 Å². The topological polar surface area (TPSA) is 61.6 Å². The minimum absolute atomic E-state index is 0.505. The smallest absolute Gasteiger partial charge is 0.139 e. The van der Waals surface area contributed by atoms with Gasteiger partial charge in [0.2, 0.25) is 0 Å². The maximum atomic E-state index is 9.36. The van der Waals surface area contributed by atoms with Gasteiger partial charge in [-0.3, -0.25) is 0 Å². The van der Waals surface area contributed by atoms with E-state index in [0.29, 0.717) is 6.04 Å². The summed E-state index contributed by atoms with van der Waals surface area (Å²) in [7, 11) is 0. The van der Waals surface area contributed by atoms with Crippen LogP contribution in [0.2, 0.25) is 0 Å². The molecule has 1 saturated carbocycles. The molecule has 3 aromatic rings. The highest BCUT2D eigenvalue weighted by atomic mass is 32.1. The van der Waals surface area contributed by atoms with Gasteiger partial charge in [0.25, 0.3) is 0 Å². The summed E-state index contributed by atoms with van der Waals surface area (Å²) in [5.74, 6) is 1.76. The molecule has 1 aliphatic rings. The Morgan fingerprint density at radius 2 is 2.00 bits per heavy atom. The van der Waals surface area contributed by atoms with Gasteiger partial charge in [0.15, 0.2) is 0 Å². The average molecular weight is 348 g/mol. The molecule has 1 aromatic carbocycles. The fourth-order valence-electron chi connectivity index (χ4n) is 3.15. The first-order chi connectivity index (χ1) is 12.2. The highest BCUT2D eigenvalue weighted by molar-refractivity contribution is 7.19. The van der Waals surface area contributed by atoms with Gasteiger partial charge in [0.1, 0.15) is 27.4 Å². The Labute approximate surface area is 151 Å². The lowest BCUT2D eigenvalue weighted by atomic mass is 9.93. The van der Waals surface area contributed by atoms with Gasteiger partial charge in [-0.2, -0.15) is 5.26 Å². The largest absolute Gasteiger partial charge is 0.367 e. The Hall–Kier alpha value is -2.45. The highest BCUT2D eigenvalue weighted by Crippen LogP contribution is 2.35. The number of rotatable bonds is 5. The summed E-state index contributed by atoms with van der Waals surface area (Å²) in [5.41, 5.74) is 2.29. The van der Waals surface area contributed by atoms with E-state index in [2.05, 4.69) is 35.7 Å². The SMILES string of the molecule is Cc1c(C#N)sc2nc(CCc3ccccc3)nc(NC3CCC3)c12. The molecule has 5 heteroatoms. The van der Waals surface area contributed by atoms with Crippen LogP contribution >= 0.6 is 11.3 Å². The first-order valence-electron chi connectivity index (χ1n) is 8.75. The van der Waals surface area contributed by atoms with Crippen molar-refractivity contribution in [2.24, 2.45) is 0 Å². The summed E-state index contributed by atoms with van der Waals surface area (Å²) in [5, 5.41) is 14.0. The predicted octanol–water partition coefficient (Wildman–Crippen LogP) is 4.62. The average Bonchev–Trinajstić information content (AvgIpc) is 2.93. The van der Waals surface area contributed by atoms with Crippen molar-refractivity contribution >= 4 is 27.4 Å². The summed E-state index contributed by atoms with van der Waals surface area (Å²) < 4.78 is 0. The number of hydrogen-bond donors (Lipinski definition) is 1. The predicted molar refractivity (Wildman–Crippen MR) is 102 cm³/mol. The fraction of sp³-hybridized carbons (Fsp3) is 0.350. The van der Waals surface area contributed by atoms with E-state index >= 15 is 0 Å². The quantitative estimate of drug-likeness (QED) is 0.731. The number of fused-ring (bicyclic) bond motifs is 1. The van der Waals surface area contributed by atoms with E-state index in [4.69, 9.17) is 9.97 Å². The summed E-state index contributed by atoms with van der Waals surface area (Å²) >= 11 is 1.47. The van der Waals surface area contributed by atoms with E-state index in [1.165, 1.54) is 36.2 Å². The number of nitriles is 1. The molecule has 1 fully saturated rings. The molecule has 0 aliphatic heterocycles. The molecule has 1 aliphatic carbocycles. The molecule has 0 unspecified atom stereocenters. The van der Waals surface area contributed by atoms with Gasteiger partial charge in [-0.25, -0.2) is 9.97 Å². The molecule has 4 rings (SSSR count). The van der Waals surface area contributed by atoms with Crippen LogP contribution in [0.1, 0.15) is 41.1 Å². The summed E-state index contributed by atoms with van der Waals surface area (Å²) in [6.45, 7) is 2.00. The van der Waals surface area contributed by atoms with Crippen molar-refractivity contribution in [3.8, 4) is 6.07 Å². The van der Waals surface area contributed by atoms with Crippen molar-refractivity contribution in [2.45, 2.75) is 45.1 Å². The van der Waals surface area contributed by atoms with E-state index in [1.807, 2.05) is 13.0 Å². The molecule has 0 radical (unpaired) electrons. The number of benzene rings is 1. The number of anilines is 1. The molecule has 126 valence electrons. The molecule has 1 N–H and O–H groups in total. The number of hydrogen-bond acceptors (Lipinski definition) is 5. The van der Waals surface area contributed by atoms with E-state index in [9.17, 15) is 5.26 Å². The van der Waals surface area contributed by atoms with Crippen molar-refractivity contribution in [3.63, 3.8) is 0 Å². The Bertz CT molecular complexity index is 936. The standard InChI is InChI=1S/C20H20N4S/c1-13-16(12-21)25-20-18(13)19(22-15-8-5-9-15)23-17(24-20)11-10-14-6-3-2-4-7-14/h2-4,6-7,15H,5,8-11H2,1H3,(H,22,23,24). The van der Waals surface area contributed by atoms with Crippen molar-refractivity contribution < 1.29 is 0 Å². The summed E-state index contributed by atoms with van der Waals surface area (Å²) in [6.07, 6.45) is 5.39. The summed E-state index contributed by atoms with van der Waals surface area (Å²) in [4.78, 5) is 11.2. The lowest BCUT2D eigenvalue weighted by molar-refractivity contribution is 0.444. The van der Waals surface area contributed by atoms with Gasteiger partial charge in [0, 0.05) is 12.5 Å². The maximum absolute atomic E-state index is 9.36. The lowest BCUT2D eigenvalue weighted by Crippen LogP contribution is -2.27. The molecule has 0 atom stereocenters. The molecule has 0 bridgehead atoms. The molecule has 0 amide bonds. The van der Waals surface area contributed by atoms with Gasteiger partial charge < -0.3 is 5.32 Å². The van der Waals surface area contributed by atoms with Gasteiger partial charge in [-0.1, -0.05) is 30.3 Å². The molecule has 0 saturated heterocycles. The third-order valence-corrected chi connectivity index (χ3v) is 5.95. The van der Waals surface area contributed by atoms with Crippen LogP contribution in [0.4, 0.5) is 5.82 Å². The molecular weight excluding hydrogens is 328 g/mol. The van der Waals surface area contributed by atoms with Crippen LogP contribution in [0.5, 0.6) is 0 Å². The Morgan fingerprint density at radius 1 is 1.20 bits per heavy atom. The van der Waals surface area contributed by atoms with Gasteiger partial charge in [0.05, 0.1) is 5.39 Å². The second-order valence-corrected chi connectivity index (χ2v) is 7.59. The Balaban J connectivity index is 1.68. The number of aryl methyl sites for hydroxylation is 3. The number of thiophene rings is 1. The molecule has 25 heavy (non-hydrogen) atoms. The maximum Gasteiger partial charge on any atom is 0.139 e. The van der Waals surface area contributed by atoms with Gasteiger partial charge in [-0.05, 0) is 43.7 Å². The van der Waals surface area contributed by atoms with Gasteiger partial charge >= 0.3 is 0 Å². The third-order valence-electron chi connectivity index (χ3n) is 4.86. The van der Waals surface area contributed by atoms with Crippen molar-refractivity contribution in [3.05, 3.63) is 52.2 Å². The summed E-state index contributed by atoms with van der Waals surface area (Å²) in [6, 6.07) is 13.2. The van der Waals surface area contributed by atoms with E-state index < -0.39 is 0 Å². The number of nitrogens with one attached hydrogen (secondary N) is 1. The van der Waals surface area contributed by atoms with Crippen LogP contribution in [0, 0.1) is 18.3 Å². The van der Waals surface area contributed by atoms with E-state index in [0.717, 1.165) is 45.1 Å². The fourth-order valence-corrected chi connectivity index (χ4v) is 4.15. The molecular formula is C20H20N4S. The van der Waals surface area contributed by atoms with Crippen LogP contribution in [0.25, 0.3) is 10.2 Å². The first kappa shape index (κ1) is 16.0. The van der Waals surface area contributed by atoms with Crippen LogP contribution in [0.15, 0.2) is 30.3 Å². The van der Waals surface area contributed by atoms with Crippen LogP contribution in [-0.2, 0) is 12.8 Å². The normalized spacial score (nSPS) is 14.2. The van der Waals surface area contributed by atoms with E-state index in [1.54, 1.807) is 0 Å². The zero-order valence-corrected chi connectivity index (χ0v) is 15.1. The third kappa shape index (κ3) is 3.22. The molecule has 4 nitrogen and oxygen atoms in total. The van der Waals surface area contributed by atoms with Crippen LogP contribution in [0.3, 0.4) is 0 Å². The minimum Gasteiger partial charge on any atom is -0.367 e. The second kappa shape index (κ2) is 6.81. The van der Waals surface area contributed by atoms with Crippen LogP contribution in [-0.4, -0.2) is 16.0 Å². The molecule has 2 aromatic heterocycles. The van der Waals surface area contributed by atoms with Crippen molar-refractivity contribution in [2.75, 3.05) is 5.32 Å². The van der Waals surface area contributed by atoms with Crippen molar-refractivity contribution in [1.29, 1.82) is 5.26 Å². The van der Waals surface area contributed by atoms with E-state index in [-0.39, 0.29) is 0 Å². The Kier molecular flexibility index (Phi) is 4.37. The van der Waals surface area contributed by atoms with Gasteiger partial charge in [-0.15, -0.1) is 11.3 Å². The molecule has 0 spiro atoms. The molecule has 2 heterocycles. The highest BCUT2D eigenvalue weighted by Gasteiger charge is 2.22. The Morgan fingerprint density at radius 3 is 2.68 bits per heavy atom. The minimum atomic E-state index is 0.505. The monoisotopic (exact) mass is 348 g/mol.